The van der Waals surface area contributed by atoms with E-state index in [-0.39, 0.29) is 29.9 Å². The maximum Gasteiger partial charge on any atom is 0.272 e. The molecule has 0 aliphatic rings. The van der Waals surface area contributed by atoms with E-state index in [0.29, 0.717) is 18.2 Å². The minimum atomic E-state index is -2.51. The Morgan fingerprint density at radius 3 is 2.52 bits per heavy atom. The van der Waals surface area contributed by atoms with Gasteiger partial charge in [-0.3, -0.25) is 0 Å². The topological polar surface area (TPSA) is 58.5 Å². The monoisotopic (exact) mass is 414 g/mol. The summed E-state index contributed by atoms with van der Waals surface area (Å²) in [5.74, 6) is 0.877. The number of nitrogens with zero attached hydrogens (tertiary/aromatic N) is 2. The molecule has 0 amide bonds. The van der Waals surface area contributed by atoms with E-state index < -0.39 is 13.0 Å². The molecule has 0 saturated heterocycles. The van der Waals surface area contributed by atoms with E-state index in [4.69, 9.17) is 4.74 Å². The molecule has 0 spiro atoms. The highest BCUT2D eigenvalue weighted by molar-refractivity contribution is 14.0. The lowest BCUT2D eigenvalue weighted by Gasteiger charge is -2.09. The quantitative estimate of drug-likeness (QED) is 0.409. The van der Waals surface area contributed by atoms with Crippen LogP contribution in [0.1, 0.15) is 19.5 Å². The highest BCUT2D eigenvalue weighted by Gasteiger charge is 2.05. The Morgan fingerprint density at radius 2 is 1.95 bits per heavy atom. The number of guanidine groups is 1. The van der Waals surface area contributed by atoms with Gasteiger partial charge in [-0.2, -0.15) is 0 Å². The van der Waals surface area contributed by atoms with Crippen LogP contribution in [0.15, 0.2) is 23.2 Å². The van der Waals surface area contributed by atoms with Gasteiger partial charge in [0.15, 0.2) is 12.6 Å². The van der Waals surface area contributed by atoms with Crippen LogP contribution in [-0.2, 0) is 6.54 Å². The van der Waals surface area contributed by atoms with Crippen molar-refractivity contribution in [1.29, 1.82) is 0 Å². The average molecular weight is 414 g/mol. The molecule has 0 aliphatic heterocycles. The second kappa shape index (κ2) is 11.5. The van der Waals surface area contributed by atoms with Crippen LogP contribution in [0.3, 0.4) is 0 Å². The van der Waals surface area contributed by atoms with Gasteiger partial charge < -0.3 is 15.4 Å². The lowest BCUT2D eigenvalue weighted by atomic mass is 10.3. The van der Waals surface area contributed by atoms with Crippen molar-refractivity contribution in [1.82, 2.24) is 15.6 Å². The molecule has 0 radical (unpaired) electrons. The number of nitrogens with one attached hydrogen (secondary N) is 2. The van der Waals surface area contributed by atoms with Crippen molar-refractivity contribution in [2.24, 2.45) is 4.99 Å². The van der Waals surface area contributed by atoms with Gasteiger partial charge in [0.25, 0.3) is 6.43 Å². The molecule has 1 rings (SSSR count). The van der Waals surface area contributed by atoms with Crippen molar-refractivity contribution in [3.8, 4) is 5.88 Å². The van der Waals surface area contributed by atoms with E-state index in [9.17, 15) is 8.78 Å². The number of hydrogen-bond donors (Lipinski definition) is 2. The van der Waals surface area contributed by atoms with Gasteiger partial charge in [-0.05, 0) is 19.9 Å². The smallest absolute Gasteiger partial charge is 0.272 e. The van der Waals surface area contributed by atoms with Crippen molar-refractivity contribution in [2.45, 2.75) is 26.8 Å². The normalized spacial score (nSPS) is 9.76. The molecule has 0 atom stereocenters. The van der Waals surface area contributed by atoms with E-state index in [1.807, 2.05) is 13.8 Å². The van der Waals surface area contributed by atoms with Crippen LogP contribution in [0, 0.1) is 0 Å². The minimum Gasteiger partial charge on any atom is -0.472 e. The average Bonchev–Trinajstić information content (AvgIpc) is 2.43. The molecular formula is C13H21F2IN4O. The third-order valence-corrected chi connectivity index (χ3v) is 2.23. The third-order valence-electron chi connectivity index (χ3n) is 2.23. The van der Waals surface area contributed by atoms with Gasteiger partial charge in [-0.25, -0.2) is 18.8 Å². The number of alkyl halides is 2. The molecule has 0 aliphatic carbocycles. The van der Waals surface area contributed by atoms with Gasteiger partial charge in [-0.1, -0.05) is 6.07 Å². The number of ether oxygens (including phenoxy) is 1. The maximum absolute atomic E-state index is 12.1. The number of rotatable bonds is 7. The zero-order valence-electron chi connectivity index (χ0n) is 12.1. The second-order valence-corrected chi connectivity index (χ2v) is 3.89. The number of hydrogen-bond acceptors (Lipinski definition) is 3. The first-order valence-electron chi connectivity index (χ1n) is 6.54. The molecule has 0 aromatic carbocycles. The molecule has 1 aromatic heterocycles. The molecule has 120 valence electrons. The highest BCUT2D eigenvalue weighted by Crippen LogP contribution is 2.09. The van der Waals surface area contributed by atoms with E-state index in [1.54, 1.807) is 18.2 Å². The second-order valence-electron chi connectivity index (χ2n) is 3.89. The van der Waals surface area contributed by atoms with Crippen molar-refractivity contribution in [3.05, 3.63) is 23.9 Å². The van der Waals surface area contributed by atoms with Crippen molar-refractivity contribution >= 4 is 29.9 Å². The predicted molar refractivity (Wildman–Crippen MR) is 89.6 cm³/mol. The van der Waals surface area contributed by atoms with Crippen molar-refractivity contribution in [2.75, 3.05) is 19.7 Å². The number of aromatic nitrogens is 1. The molecule has 1 heterocycles. The molecule has 5 nitrogen and oxygen atoms in total. The molecule has 2 N–H and O–H groups in total. The van der Waals surface area contributed by atoms with Gasteiger partial charge >= 0.3 is 0 Å². The Bertz CT molecular complexity index is 424. The Balaban J connectivity index is 0.00000400. The minimum absolute atomic E-state index is 0. The zero-order valence-corrected chi connectivity index (χ0v) is 14.4. The number of pyridine rings is 1. The van der Waals surface area contributed by atoms with Crippen LogP contribution in [0.5, 0.6) is 5.88 Å². The van der Waals surface area contributed by atoms with Crippen molar-refractivity contribution < 1.29 is 13.5 Å². The van der Waals surface area contributed by atoms with Gasteiger partial charge in [-0.15, -0.1) is 24.0 Å². The summed E-state index contributed by atoms with van der Waals surface area (Å²) >= 11 is 0. The van der Waals surface area contributed by atoms with Crippen LogP contribution in [0.2, 0.25) is 0 Å². The summed E-state index contributed by atoms with van der Waals surface area (Å²) in [4.78, 5) is 8.46. The summed E-state index contributed by atoms with van der Waals surface area (Å²) in [5, 5.41) is 6.18. The van der Waals surface area contributed by atoms with E-state index in [1.165, 1.54) is 0 Å². The molecule has 8 heteroatoms. The summed E-state index contributed by atoms with van der Waals surface area (Å²) in [5.41, 5.74) is 0.657. The standard InChI is InChI=1S/C13H20F2N4O.HI/c1-3-16-13(17-4-2)18-8-10-6-5-7-12(19-10)20-9-11(14)15;/h5-7,11H,3-4,8-9H2,1-2H3,(H2,16,17,18);1H. The van der Waals surface area contributed by atoms with Gasteiger partial charge in [0.2, 0.25) is 5.88 Å². The molecule has 0 saturated carbocycles. The van der Waals surface area contributed by atoms with Gasteiger partial charge in [0, 0.05) is 19.2 Å². The Labute approximate surface area is 140 Å². The van der Waals surface area contributed by atoms with Crippen LogP contribution < -0.4 is 15.4 Å². The fourth-order valence-corrected chi connectivity index (χ4v) is 1.44. The first-order valence-corrected chi connectivity index (χ1v) is 6.54. The van der Waals surface area contributed by atoms with Crippen LogP contribution in [0.25, 0.3) is 0 Å². The van der Waals surface area contributed by atoms with Crippen LogP contribution in [0.4, 0.5) is 8.78 Å². The van der Waals surface area contributed by atoms with Crippen LogP contribution in [-0.4, -0.2) is 37.1 Å². The van der Waals surface area contributed by atoms with E-state index in [2.05, 4.69) is 20.6 Å². The molecule has 21 heavy (non-hydrogen) atoms. The van der Waals surface area contributed by atoms with Crippen molar-refractivity contribution in [3.63, 3.8) is 0 Å². The third kappa shape index (κ3) is 8.64. The fraction of sp³-hybridized carbons (Fsp3) is 0.538. The Kier molecular flexibility index (Phi) is 10.8. The van der Waals surface area contributed by atoms with Crippen LogP contribution >= 0.6 is 24.0 Å². The Morgan fingerprint density at radius 1 is 1.29 bits per heavy atom. The molecule has 0 fully saturated rings. The van der Waals surface area contributed by atoms with E-state index >= 15 is 0 Å². The highest BCUT2D eigenvalue weighted by atomic mass is 127. The number of halogens is 3. The predicted octanol–water partition coefficient (Wildman–Crippen LogP) is 2.42. The molecular weight excluding hydrogens is 393 g/mol. The first kappa shape index (κ1) is 19.8. The Hall–Kier alpha value is -1.19. The summed E-state index contributed by atoms with van der Waals surface area (Å²) in [6.45, 7) is 5.17. The summed E-state index contributed by atoms with van der Waals surface area (Å²) in [7, 11) is 0. The number of aliphatic imine (C=N–C) groups is 1. The fourth-order valence-electron chi connectivity index (χ4n) is 1.44. The maximum atomic E-state index is 12.1. The lowest BCUT2D eigenvalue weighted by molar-refractivity contribution is 0.0795. The summed E-state index contributed by atoms with van der Waals surface area (Å²) in [6.07, 6.45) is -2.51. The molecule has 1 aromatic rings. The summed E-state index contributed by atoms with van der Waals surface area (Å²) < 4.78 is 29.0. The molecule has 0 bridgehead atoms. The van der Waals surface area contributed by atoms with Gasteiger partial charge in [0.05, 0.1) is 12.2 Å². The zero-order chi connectivity index (χ0) is 14.8. The molecule has 0 unspecified atom stereocenters. The first-order chi connectivity index (χ1) is 9.65. The summed E-state index contributed by atoms with van der Waals surface area (Å²) in [6, 6.07) is 5.03. The largest absolute Gasteiger partial charge is 0.472 e. The SMILES string of the molecule is CCNC(=NCc1cccc(OCC(F)F)n1)NCC.I. The lowest BCUT2D eigenvalue weighted by Crippen LogP contribution is -2.37. The van der Waals surface area contributed by atoms with Gasteiger partial charge in [0.1, 0.15) is 0 Å². The van der Waals surface area contributed by atoms with E-state index in [0.717, 1.165) is 13.1 Å².